The fraction of sp³-hybridized carbons (Fsp3) is 1.00. The first-order chi connectivity index (χ1) is 8.61. The lowest BCUT2D eigenvalue weighted by atomic mass is 9.80. The summed E-state index contributed by atoms with van der Waals surface area (Å²) in [4.78, 5) is 2.89. The van der Waals surface area contributed by atoms with E-state index in [1.54, 1.807) is 0 Å². The first-order valence-electron chi connectivity index (χ1n) is 8.06. The zero-order valence-electron chi connectivity index (χ0n) is 12.8. The highest BCUT2D eigenvalue weighted by molar-refractivity contribution is 4.96. The van der Waals surface area contributed by atoms with Gasteiger partial charge in [0.25, 0.3) is 0 Å². The van der Waals surface area contributed by atoms with Gasteiger partial charge in [0.05, 0.1) is 0 Å². The molecule has 0 aromatic rings. The molecule has 0 aromatic carbocycles. The van der Waals surface area contributed by atoms with Gasteiger partial charge in [-0.05, 0) is 58.4 Å². The van der Waals surface area contributed by atoms with Crippen molar-refractivity contribution in [3.05, 3.63) is 0 Å². The maximum atomic E-state index is 3.52. The third-order valence-electron chi connectivity index (χ3n) is 5.11. The fourth-order valence-electron chi connectivity index (χ4n) is 4.10. The Balaban J connectivity index is 1.95. The molecule has 2 aliphatic heterocycles. The Bertz CT molecular complexity index is 237. The highest BCUT2D eigenvalue weighted by atomic mass is 15.2. The molecule has 0 amide bonds. The maximum absolute atomic E-state index is 3.52. The van der Waals surface area contributed by atoms with Gasteiger partial charge in [0.1, 0.15) is 0 Å². The van der Waals surface area contributed by atoms with E-state index in [0.717, 1.165) is 30.1 Å². The molecular formula is C16H32N2. The third-order valence-corrected chi connectivity index (χ3v) is 5.11. The quantitative estimate of drug-likeness (QED) is 0.806. The SMILES string of the molecule is CNC1CC2CCCC(C1)N2C(C)CCC(C)C. The Morgan fingerprint density at radius 1 is 1.06 bits per heavy atom. The fourth-order valence-corrected chi connectivity index (χ4v) is 4.10. The molecule has 2 rings (SSSR count). The molecule has 0 aromatic heterocycles. The summed E-state index contributed by atoms with van der Waals surface area (Å²) in [6.45, 7) is 7.16. The lowest BCUT2D eigenvalue weighted by Gasteiger charge is -2.51. The first-order valence-corrected chi connectivity index (χ1v) is 8.06. The van der Waals surface area contributed by atoms with E-state index in [0.29, 0.717) is 0 Å². The minimum absolute atomic E-state index is 0.772. The molecule has 2 fully saturated rings. The molecule has 1 N–H and O–H groups in total. The lowest BCUT2D eigenvalue weighted by Crippen LogP contribution is -2.58. The minimum atomic E-state index is 0.772. The number of hydrogen-bond donors (Lipinski definition) is 1. The summed E-state index contributed by atoms with van der Waals surface area (Å²) in [6, 6.07) is 3.28. The van der Waals surface area contributed by atoms with Gasteiger partial charge in [-0.3, -0.25) is 4.90 Å². The summed E-state index contributed by atoms with van der Waals surface area (Å²) in [5.74, 6) is 0.849. The van der Waals surface area contributed by atoms with Crippen molar-refractivity contribution in [3.8, 4) is 0 Å². The molecule has 0 spiro atoms. The summed E-state index contributed by atoms with van der Waals surface area (Å²) >= 11 is 0. The Morgan fingerprint density at radius 2 is 1.67 bits per heavy atom. The number of fused-ring (bicyclic) bond motifs is 2. The zero-order valence-corrected chi connectivity index (χ0v) is 12.8. The van der Waals surface area contributed by atoms with Crippen LogP contribution >= 0.6 is 0 Å². The predicted molar refractivity (Wildman–Crippen MR) is 78.9 cm³/mol. The Labute approximate surface area is 114 Å². The number of hydrogen-bond acceptors (Lipinski definition) is 2. The van der Waals surface area contributed by atoms with Crippen molar-refractivity contribution >= 4 is 0 Å². The van der Waals surface area contributed by atoms with Gasteiger partial charge in [0.2, 0.25) is 0 Å². The summed E-state index contributed by atoms with van der Waals surface area (Å²) in [5, 5.41) is 3.52. The van der Waals surface area contributed by atoms with Gasteiger partial charge in [-0.15, -0.1) is 0 Å². The van der Waals surface area contributed by atoms with Crippen LogP contribution in [0, 0.1) is 5.92 Å². The third kappa shape index (κ3) is 3.27. The van der Waals surface area contributed by atoms with Gasteiger partial charge in [0, 0.05) is 24.2 Å². The van der Waals surface area contributed by atoms with E-state index in [1.165, 1.54) is 44.9 Å². The Kier molecular flexibility index (Phi) is 5.08. The van der Waals surface area contributed by atoms with Crippen molar-refractivity contribution in [2.75, 3.05) is 7.05 Å². The number of rotatable bonds is 5. The second kappa shape index (κ2) is 6.38. The van der Waals surface area contributed by atoms with Crippen LogP contribution in [-0.4, -0.2) is 36.1 Å². The van der Waals surface area contributed by atoms with Crippen molar-refractivity contribution in [1.82, 2.24) is 10.2 Å². The first kappa shape index (κ1) is 14.3. The smallest absolute Gasteiger partial charge is 0.0116 e. The summed E-state index contributed by atoms with van der Waals surface area (Å²) < 4.78 is 0. The zero-order chi connectivity index (χ0) is 13.1. The predicted octanol–water partition coefficient (Wildman–Crippen LogP) is 3.42. The van der Waals surface area contributed by atoms with Gasteiger partial charge in [-0.2, -0.15) is 0 Å². The van der Waals surface area contributed by atoms with Crippen LogP contribution in [0.15, 0.2) is 0 Å². The van der Waals surface area contributed by atoms with Crippen LogP contribution in [0.5, 0.6) is 0 Å². The molecule has 0 radical (unpaired) electrons. The monoisotopic (exact) mass is 252 g/mol. The van der Waals surface area contributed by atoms with E-state index in [2.05, 4.69) is 38.0 Å². The lowest BCUT2D eigenvalue weighted by molar-refractivity contribution is -0.00800. The van der Waals surface area contributed by atoms with Crippen LogP contribution in [0.3, 0.4) is 0 Å². The highest BCUT2D eigenvalue weighted by Crippen LogP contribution is 2.36. The molecular weight excluding hydrogens is 220 g/mol. The normalized spacial score (nSPS) is 34.8. The second-order valence-electron chi connectivity index (χ2n) is 6.96. The van der Waals surface area contributed by atoms with E-state index in [9.17, 15) is 0 Å². The largest absolute Gasteiger partial charge is 0.317 e. The summed E-state index contributed by atoms with van der Waals surface area (Å²) in [5.41, 5.74) is 0. The maximum Gasteiger partial charge on any atom is 0.0116 e. The molecule has 18 heavy (non-hydrogen) atoms. The van der Waals surface area contributed by atoms with Gasteiger partial charge in [-0.25, -0.2) is 0 Å². The number of piperidine rings is 2. The molecule has 0 saturated carbocycles. The van der Waals surface area contributed by atoms with Gasteiger partial charge in [0.15, 0.2) is 0 Å². The average molecular weight is 252 g/mol. The van der Waals surface area contributed by atoms with Gasteiger partial charge >= 0.3 is 0 Å². The van der Waals surface area contributed by atoms with E-state index in [4.69, 9.17) is 0 Å². The van der Waals surface area contributed by atoms with Crippen LogP contribution < -0.4 is 5.32 Å². The van der Waals surface area contributed by atoms with Crippen LogP contribution in [0.25, 0.3) is 0 Å². The average Bonchev–Trinajstić information content (AvgIpc) is 2.34. The second-order valence-corrected chi connectivity index (χ2v) is 6.96. The Morgan fingerprint density at radius 3 is 2.17 bits per heavy atom. The number of nitrogens with zero attached hydrogens (tertiary/aromatic N) is 1. The van der Waals surface area contributed by atoms with E-state index >= 15 is 0 Å². The molecule has 2 heterocycles. The van der Waals surface area contributed by atoms with Crippen molar-refractivity contribution in [2.24, 2.45) is 5.92 Å². The van der Waals surface area contributed by atoms with Crippen molar-refractivity contribution in [3.63, 3.8) is 0 Å². The summed E-state index contributed by atoms with van der Waals surface area (Å²) in [6.07, 6.45) is 9.83. The molecule has 0 aliphatic carbocycles. The van der Waals surface area contributed by atoms with Crippen LogP contribution in [0.2, 0.25) is 0 Å². The van der Waals surface area contributed by atoms with Crippen LogP contribution in [-0.2, 0) is 0 Å². The van der Waals surface area contributed by atoms with Crippen molar-refractivity contribution < 1.29 is 0 Å². The molecule has 2 nitrogen and oxygen atoms in total. The Hall–Kier alpha value is -0.0800. The van der Waals surface area contributed by atoms with Gasteiger partial charge < -0.3 is 5.32 Å². The molecule has 3 atom stereocenters. The summed E-state index contributed by atoms with van der Waals surface area (Å²) in [7, 11) is 2.14. The van der Waals surface area contributed by atoms with Crippen LogP contribution in [0.4, 0.5) is 0 Å². The molecule has 3 unspecified atom stereocenters. The van der Waals surface area contributed by atoms with Crippen molar-refractivity contribution in [1.29, 1.82) is 0 Å². The number of nitrogens with one attached hydrogen (secondary N) is 1. The molecule has 106 valence electrons. The van der Waals surface area contributed by atoms with E-state index < -0.39 is 0 Å². The topological polar surface area (TPSA) is 15.3 Å². The molecule has 2 bridgehead atoms. The molecule has 2 aliphatic rings. The highest BCUT2D eigenvalue weighted by Gasteiger charge is 2.39. The van der Waals surface area contributed by atoms with E-state index in [-0.39, 0.29) is 0 Å². The van der Waals surface area contributed by atoms with Crippen molar-refractivity contribution in [2.45, 2.75) is 89.9 Å². The van der Waals surface area contributed by atoms with E-state index in [1.807, 2.05) is 0 Å². The molecule has 2 saturated heterocycles. The van der Waals surface area contributed by atoms with Crippen LogP contribution in [0.1, 0.15) is 65.7 Å². The standard InChI is InChI=1S/C16H32N2/c1-12(2)8-9-13(3)18-15-6-5-7-16(18)11-14(10-15)17-4/h12-17H,5-11H2,1-4H3. The molecule has 2 heteroatoms. The van der Waals surface area contributed by atoms with Gasteiger partial charge in [-0.1, -0.05) is 20.3 Å². The minimum Gasteiger partial charge on any atom is -0.317 e.